The van der Waals surface area contributed by atoms with Gasteiger partial charge in [-0.25, -0.2) is 9.97 Å². The van der Waals surface area contributed by atoms with Crippen LogP contribution in [0.25, 0.3) is 0 Å². The molecule has 4 nitrogen and oxygen atoms in total. The van der Waals surface area contributed by atoms with Crippen LogP contribution in [0.5, 0.6) is 5.75 Å². The fourth-order valence-electron chi connectivity index (χ4n) is 1.27. The summed E-state index contributed by atoms with van der Waals surface area (Å²) in [7, 11) is 0. The molecule has 0 saturated carbocycles. The maximum Gasteiger partial charge on any atom is 0.387 e. The highest BCUT2D eigenvalue weighted by molar-refractivity contribution is 5.56. The summed E-state index contributed by atoms with van der Waals surface area (Å²) < 4.78 is 40.8. The van der Waals surface area contributed by atoms with E-state index in [1.165, 1.54) is 24.3 Å². The second-order valence-corrected chi connectivity index (χ2v) is 3.25. The molecule has 0 unspecified atom stereocenters. The van der Waals surface area contributed by atoms with Gasteiger partial charge in [-0.3, -0.25) is 0 Å². The molecule has 0 fully saturated rings. The van der Waals surface area contributed by atoms with E-state index in [2.05, 4.69) is 20.0 Å². The minimum absolute atomic E-state index is 0.0458. The lowest BCUT2D eigenvalue weighted by molar-refractivity contribution is -0.0498. The molecule has 0 aliphatic carbocycles. The molecule has 0 bridgehead atoms. The van der Waals surface area contributed by atoms with Crippen LogP contribution in [-0.4, -0.2) is 16.6 Å². The fourth-order valence-corrected chi connectivity index (χ4v) is 1.27. The number of halogens is 3. The fraction of sp³-hybridized carbons (Fsp3) is 0.0909. The molecule has 2 aromatic rings. The SMILES string of the molecule is Fc1cc(Nc2ccc(OC(F)F)cc2)ncn1. The predicted octanol–water partition coefficient (Wildman–Crippen LogP) is 2.96. The smallest absolute Gasteiger partial charge is 0.387 e. The second kappa shape index (κ2) is 5.35. The van der Waals surface area contributed by atoms with Gasteiger partial charge in [0.05, 0.1) is 0 Å². The number of ether oxygens (including phenoxy) is 1. The molecule has 0 spiro atoms. The second-order valence-electron chi connectivity index (χ2n) is 3.25. The summed E-state index contributed by atoms with van der Waals surface area (Å²) in [4.78, 5) is 7.10. The van der Waals surface area contributed by atoms with Crippen LogP contribution < -0.4 is 10.1 Å². The van der Waals surface area contributed by atoms with Gasteiger partial charge in [0.1, 0.15) is 17.9 Å². The van der Waals surface area contributed by atoms with Crippen molar-refractivity contribution < 1.29 is 17.9 Å². The van der Waals surface area contributed by atoms with Crippen molar-refractivity contribution in [3.63, 3.8) is 0 Å². The van der Waals surface area contributed by atoms with E-state index >= 15 is 0 Å². The minimum Gasteiger partial charge on any atom is -0.435 e. The van der Waals surface area contributed by atoms with Gasteiger partial charge in [0, 0.05) is 11.8 Å². The van der Waals surface area contributed by atoms with E-state index in [9.17, 15) is 13.2 Å². The summed E-state index contributed by atoms with van der Waals surface area (Å²) >= 11 is 0. The zero-order valence-electron chi connectivity index (χ0n) is 8.98. The lowest BCUT2D eigenvalue weighted by Gasteiger charge is -2.07. The summed E-state index contributed by atoms with van der Waals surface area (Å²) in [5, 5.41) is 2.79. The van der Waals surface area contributed by atoms with Gasteiger partial charge < -0.3 is 10.1 Å². The van der Waals surface area contributed by atoms with Crippen LogP contribution in [0.2, 0.25) is 0 Å². The van der Waals surface area contributed by atoms with Crippen LogP contribution in [0.4, 0.5) is 24.7 Å². The monoisotopic (exact) mass is 255 g/mol. The van der Waals surface area contributed by atoms with Gasteiger partial charge in [-0.15, -0.1) is 0 Å². The van der Waals surface area contributed by atoms with E-state index in [1.54, 1.807) is 0 Å². The summed E-state index contributed by atoms with van der Waals surface area (Å²) in [5.41, 5.74) is 0.565. The molecule has 0 amide bonds. The van der Waals surface area contributed by atoms with Crippen molar-refractivity contribution in [2.75, 3.05) is 5.32 Å². The molecule has 0 aliphatic heterocycles. The third-order valence-electron chi connectivity index (χ3n) is 1.99. The molecule has 1 heterocycles. The van der Waals surface area contributed by atoms with E-state index in [0.717, 1.165) is 12.4 Å². The highest BCUT2D eigenvalue weighted by Crippen LogP contribution is 2.20. The zero-order valence-corrected chi connectivity index (χ0v) is 8.98. The maximum absolute atomic E-state index is 12.8. The first-order chi connectivity index (χ1) is 8.63. The predicted molar refractivity (Wildman–Crippen MR) is 58.3 cm³/mol. The molecule has 1 N–H and O–H groups in total. The van der Waals surface area contributed by atoms with Crippen molar-refractivity contribution in [2.45, 2.75) is 6.61 Å². The van der Waals surface area contributed by atoms with E-state index in [1.807, 2.05) is 0 Å². The van der Waals surface area contributed by atoms with Crippen molar-refractivity contribution in [2.24, 2.45) is 0 Å². The Morgan fingerprint density at radius 2 is 1.83 bits per heavy atom. The van der Waals surface area contributed by atoms with Crippen LogP contribution in [0.3, 0.4) is 0 Å². The molecule has 1 aromatic heterocycles. The third-order valence-corrected chi connectivity index (χ3v) is 1.99. The topological polar surface area (TPSA) is 47.0 Å². The van der Waals surface area contributed by atoms with Crippen molar-refractivity contribution >= 4 is 11.5 Å². The summed E-state index contributed by atoms with van der Waals surface area (Å²) in [5.74, 6) is -0.348. The number of anilines is 2. The molecular formula is C11H8F3N3O. The van der Waals surface area contributed by atoms with Gasteiger partial charge in [0.2, 0.25) is 5.95 Å². The van der Waals surface area contributed by atoms with E-state index in [-0.39, 0.29) is 11.6 Å². The average molecular weight is 255 g/mol. The molecule has 2 rings (SSSR count). The highest BCUT2D eigenvalue weighted by atomic mass is 19.3. The van der Waals surface area contributed by atoms with Crippen LogP contribution in [0, 0.1) is 5.95 Å². The first kappa shape index (κ1) is 12.2. The first-order valence-corrected chi connectivity index (χ1v) is 4.93. The molecule has 0 saturated heterocycles. The van der Waals surface area contributed by atoms with Gasteiger partial charge in [0.25, 0.3) is 0 Å². The molecule has 7 heteroatoms. The number of nitrogens with one attached hydrogen (secondary N) is 1. The number of nitrogens with zero attached hydrogens (tertiary/aromatic N) is 2. The number of aromatic nitrogens is 2. The summed E-state index contributed by atoms with van der Waals surface area (Å²) in [6.07, 6.45) is 1.08. The van der Waals surface area contributed by atoms with Crippen LogP contribution >= 0.6 is 0 Å². The van der Waals surface area contributed by atoms with E-state index in [0.29, 0.717) is 5.69 Å². The number of benzene rings is 1. The van der Waals surface area contributed by atoms with Crippen molar-refractivity contribution in [1.29, 1.82) is 0 Å². The quantitative estimate of drug-likeness (QED) is 0.853. The lowest BCUT2D eigenvalue weighted by atomic mass is 10.3. The Labute approximate surface area is 100 Å². The highest BCUT2D eigenvalue weighted by Gasteiger charge is 2.04. The van der Waals surface area contributed by atoms with Crippen molar-refractivity contribution in [1.82, 2.24) is 9.97 Å². The lowest BCUT2D eigenvalue weighted by Crippen LogP contribution is -2.01. The van der Waals surface area contributed by atoms with Gasteiger partial charge in [-0.2, -0.15) is 13.2 Å². The Hall–Kier alpha value is -2.31. The molecular weight excluding hydrogens is 247 g/mol. The number of hydrogen-bond donors (Lipinski definition) is 1. The minimum atomic E-state index is -2.86. The molecule has 0 aliphatic rings. The molecule has 0 radical (unpaired) electrons. The van der Waals surface area contributed by atoms with Crippen LogP contribution in [-0.2, 0) is 0 Å². The van der Waals surface area contributed by atoms with Gasteiger partial charge in [-0.05, 0) is 24.3 Å². The normalized spacial score (nSPS) is 10.4. The van der Waals surface area contributed by atoms with Gasteiger partial charge in [-0.1, -0.05) is 0 Å². The molecule has 18 heavy (non-hydrogen) atoms. The van der Waals surface area contributed by atoms with Gasteiger partial charge in [0.15, 0.2) is 0 Å². The van der Waals surface area contributed by atoms with E-state index < -0.39 is 12.6 Å². The summed E-state index contributed by atoms with van der Waals surface area (Å²) in [6.45, 7) is -2.86. The number of alkyl halides is 2. The van der Waals surface area contributed by atoms with Crippen LogP contribution in [0.15, 0.2) is 36.7 Å². The summed E-state index contributed by atoms with van der Waals surface area (Å²) in [6, 6.07) is 6.87. The Balaban J connectivity index is 2.06. The number of rotatable bonds is 4. The number of hydrogen-bond acceptors (Lipinski definition) is 4. The largest absolute Gasteiger partial charge is 0.435 e. The van der Waals surface area contributed by atoms with Gasteiger partial charge >= 0.3 is 6.61 Å². The van der Waals surface area contributed by atoms with Crippen LogP contribution in [0.1, 0.15) is 0 Å². The molecule has 0 atom stereocenters. The third kappa shape index (κ3) is 3.34. The maximum atomic E-state index is 12.8. The first-order valence-electron chi connectivity index (χ1n) is 4.93. The van der Waals surface area contributed by atoms with E-state index in [4.69, 9.17) is 0 Å². The standard InChI is InChI=1S/C11H8F3N3O/c12-9-5-10(16-6-15-9)17-7-1-3-8(4-2-7)18-11(13)14/h1-6,11H,(H,15,16,17). The van der Waals surface area contributed by atoms with Crippen molar-refractivity contribution in [3.8, 4) is 5.75 Å². The zero-order chi connectivity index (χ0) is 13.0. The Kier molecular flexibility index (Phi) is 3.61. The Morgan fingerprint density at radius 3 is 2.44 bits per heavy atom. The molecule has 94 valence electrons. The molecule has 1 aromatic carbocycles. The Bertz CT molecular complexity index is 519. The van der Waals surface area contributed by atoms with Crippen molar-refractivity contribution in [3.05, 3.63) is 42.6 Å². The Morgan fingerprint density at radius 1 is 1.11 bits per heavy atom. The average Bonchev–Trinajstić information content (AvgIpc) is 2.31.